The van der Waals surface area contributed by atoms with Gasteiger partial charge < -0.3 is 19.5 Å². The summed E-state index contributed by atoms with van der Waals surface area (Å²) >= 11 is 1.42. The van der Waals surface area contributed by atoms with E-state index in [0.29, 0.717) is 35.2 Å². The molecule has 0 aliphatic carbocycles. The van der Waals surface area contributed by atoms with Crippen LogP contribution in [-0.4, -0.2) is 32.2 Å². The first-order valence-electron chi connectivity index (χ1n) is 9.16. The summed E-state index contributed by atoms with van der Waals surface area (Å²) in [6.07, 6.45) is 0.802. The predicted molar refractivity (Wildman–Crippen MR) is 115 cm³/mol. The number of anilines is 1. The summed E-state index contributed by atoms with van der Waals surface area (Å²) in [7, 11) is 4.71. The van der Waals surface area contributed by atoms with Gasteiger partial charge >= 0.3 is 0 Å². The van der Waals surface area contributed by atoms with Crippen molar-refractivity contribution < 1.29 is 19.0 Å². The maximum atomic E-state index is 12.4. The van der Waals surface area contributed by atoms with Gasteiger partial charge in [0.2, 0.25) is 11.7 Å². The molecule has 0 fully saturated rings. The molecule has 0 radical (unpaired) electrons. The molecule has 1 heterocycles. The zero-order chi connectivity index (χ0) is 20.8. The van der Waals surface area contributed by atoms with E-state index in [4.69, 9.17) is 14.2 Å². The number of carbonyl (C=O) groups excluding carboxylic acids is 1. The first kappa shape index (κ1) is 20.7. The molecule has 0 bridgehead atoms. The van der Waals surface area contributed by atoms with Crippen molar-refractivity contribution in [2.75, 3.05) is 26.6 Å². The third-order valence-corrected chi connectivity index (χ3v) is 5.34. The Labute approximate surface area is 174 Å². The van der Waals surface area contributed by atoms with Gasteiger partial charge in [-0.3, -0.25) is 4.79 Å². The molecule has 0 aliphatic rings. The van der Waals surface area contributed by atoms with Crippen molar-refractivity contribution in [1.29, 1.82) is 0 Å². The highest BCUT2D eigenvalue weighted by molar-refractivity contribution is 7.14. The van der Waals surface area contributed by atoms with Crippen LogP contribution >= 0.6 is 11.3 Å². The van der Waals surface area contributed by atoms with Gasteiger partial charge in [0, 0.05) is 17.4 Å². The van der Waals surface area contributed by atoms with Crippen LogP contribution in [0.2, 0.25) is 0 Å². The lowest BCUT2D eigenvalue weighted by atomic mass is 10.1. The second-order valence-electron chi connectivity index (χ2n) is 6.39. The molecule has 0 saturated heterocycles. The summed E-state index contributed by atoms with van der Waals surface area (Å²) in [5, 5.41) is 5.43. The highest BCUT2D eigenvalue weighted by atomic mass is 32.1. The lowest BCUT2D eigenvalue weighted by Gasteiger charge is -2.15. The van der Waals surface area contributed by atoms with Crippen molar-refractivity contribution in [3.05, 3.63) is 52.9 Å². The Kier molecular flexibility index (Phi) is 6.72. The minimum Gasteiger partial charge on any atom is -0.493 e. The minimum absolute atomic E-state index is 0.104. The molecule has 0 unspecified atom stereocenters. The minimum atomic E-state index is -0.104. The molecule has 1 aromatic heterocycles. The van der Waals surface area contributed by atoms with Crippen molar-refractivity contribution in [1.82, 2.24) is 4.98 Å². The van der Waals surface area contributed by atoms with E-state index < -0.39 is 0 Å². The van der Waals surface area contributed by atoms with Crippen LogP contribution in [0.3, 0.4) is 0 Å². The Hall–Kier alpha value is -3.06. The van der Waals surface area contributed by atoms with Gasteiger partial charge in [-0.05, 0) is 30.5 Å². The van der Waals surface area contributed by atoms with Crippen molar-refractivity contribution in [3.63, 3.8) is 0 Å². The second kappa shape index (κ2) is 9.43. The van der Waals surface area contributed by atoms with Crippen molar-refractivity contribution in [2.45, 2.75) is 19.8 Å². The third-order valence-electron chi connectivity index (χ3n) is 4.58. The first-order valence-corrected chi connectivity index (χ1v) is 10.0. The van der Waals surface area contributed by atoms with Crippen LogP contribution in [0.5, 0.6) is 17.2 Å². The van der Waals surface area contributed by atoms with Crippen LogP contribution in [0.1, 0.15) is 17.5 Å². The zero-order valence-electron chi connectivity index (χ0n) is 16.9. The van der Waals surface area contributed by atoms with E-state index in [2.05, 4.69) is 10.3 Å². The van der Waals surface area contributed by atoms with Crippen LogP contribution in [0, 0.1) is 6.92 Å². The molecule has 3 rings (SSSR count). The van der Waals surface area contributed by atoms with Crippen molar-refractivity contribution in [3.8, 4) is 28.5 Å². The molecule has 152 valence electrons. The molecule has 0 saturated carbocycles. The summed E-state index contributed by atoms with van der Waals surface area (Å²) in [6, 6.07) is 11.7. The largest absolute Gasteiger partial charge is 0.493 e. The monoisotopic (exact) mass is 412 g/mol. The SMILES string of the molecule is COc1ccc(CCC(=O)Nc2nc(-c3ccccc3C)cs2)c(OC)c1OC. The number of nitrogens with zero attached hydrogens (tertiary/aromatic N) is 1. The van der Waals surface area contributed by atoms with Gasteiger partial charge in [0.25, 0.3) is 0 Å². The summed E-state index contributed by atoms with van der Waals surface area (Å²) in [5.74, 6) is 1.59. The lowest BCUT2D eigenvalue weighted by Crippen LogP contribution is -2.12. The summed E-state index contributed by atoms with van der Waals surface area (Å²) in [6.45, 7) is 2.05. The molecule has 3 aromatic rings. The van der Waals surface area contributed by atoms with Crippen LogP contribution in [0.4, 0.5) is 5.13 Å². The Morgan fingerprint density at radius 1 is 1.03 bits per heavy atom. The number of carbonyl (C=O) groups is 1. The van der Waals surface area contributed by atoms with Gasteiger partial charge in [0.1, 0.15) is 0 Å². The van der Waals surface area contributed by atoms with Gasteiger partial charge in [-0.15, -0.1) is 11.3 Å². The normalized spacial score (nSPS) is 10.5. The molecule has 6 nitrogen and oxygen atoms in total. The topological polar surface area (TPSA) is 69.7 Å². The molecule has 0 aliphatic heterocycles. The van der Waals surface area contributed by atoms with Crippen molar-refractivity contribution >= 4 is 22.4 Å². The molecule has 1 amide bonds. The molecule has 2 aromatic carbocycles. The predicted octanol–water partition coefficient (Wildman–Crippen LogP) is 4.72. The Morgan fingerprint density at radius 3 is 2.48 bits per heavy atom. The highest BCUT2D eigenvalue weighted by Gasteiger charge is 2.17. The molecule has 7 heteroatoms. The number of benzene rings is 2. The van der Waals surface area contributed by atoms with Crippen molar-refractivity contribution in [2.24, 2.45) is 0 Å². The fraction of sp³-hybridized carbons (Fsp3) is 0.273. The number of hydrogen-bond donors (Lipinski definition) is 1. The van der Waals surface area contributed by atoms with Crippen LogP contribution in [0.15, 0.2) is 41.8 Å². The number of aromatic nitrogens is 1. The number of thiazole rings is 1. The van der Waals surface area contributed by atoms with Gasteiger partial charge in [0.15, 0.2) is 16.6 Å². The van der Waals surface area contributed by atoms with E-state index in [1.807, 2.05) is 48.7 Å². The number of hydrogen-bond acceptors (Lipinski definition) is 6. The number of ether oxygens (including phenoxy) is 3. The van der Waals surface area contributed by atoms with E-state index in [1.54, 1.807) is 21.3 Å². The van der Waals surface area contributed by atoms with E-state index in [1.165, 1.54) is 11.3 Å². The molecule has 29 heavy (non-hydrogen) atoms. The van der Waals surface area contributed by atoms with Gasteiger partial charge in [0.05, 0.1) is 27.0 Å². The average Bonchev–Trinajstić information content (AvgIpc) is 3.19. The fourth-order valence-corrected chi connectivity index (χ4v) is 3.83. The molecular weight excluding hydrogens is 388 g/mol. The molecule has 0 spiro atoms. The molecular formula is C22H24N2O4S. The lowest BCUT2D eigenvalue weighted by molar-refractivity contribution is -0.116. The van der Waals surface area contributed by atoms with Gasteiger partial charge in [-0.1, -0.05) is 30.3 Å². The summed E-state index contributed by atoms with van der Waals surface area (Å²) in [5.41, 5.74) is 3.96. The Balaban J connectivity index is 1.66. The number of rotatable bonds is 8. The van der Waals surface area contributed by atoms with Crippen LogP contribution in [-0.2, 0) is 11.2 Å². The maximum absolute atomic E-state index is 12.4. The standard InChI is InChI=1S/C22H24N2O4S/c1-14-7-5-6-8-16(14)17-13-29-22(23-17)24-19(25)12-10-15-9-11-18(26-2)21(28-4)20(15)27-3/h5-9,11,13H,10,12H2,1-4H3,(H,23,24,25). The first-order chi connectivity index (χ1) is 14.1. The van der Waals surface area contributed by atoms with Crippen LogP contribution in [0.25, 0.3) is 11.3 Å². The quantitative estimate of drug-likeness (QED) is 0.580. The van der Waals surface area contributed by atoms with E-state index in [-0.39, 0.29) is 5.91 Å². The molecule has 0 atom stereocenters. The highest BCUT2D eigenvalue weighted by Crippen LogP contribution is 2.40. The Morgan fingerprint density at radius 2 is 1.79 bits per heavy atom. The number of nitrogens with one attached hydrogen (secondary N) is 1. The fourth-order valence-electron chi connectivity index (χ4n) is 3.11. The van der Waals surface area contributed by atoms with E-state index >= 15 is 0 Å². The second-order valence-corrected chi connectivity index (χ2v) is 7.25. The van der Waals surface area contributed by atoms with E-state index in [0.717, 1.165) is 22.4 Å². The molecule has 1 N–H and O–H groups in total. The summed E-state index contributed by atoms with van der Waals surface area (Å²) in [4.78, 5) is 17.0. The van der Waals surface area contributed by atoms with Gasteiger partial charge in [-0.25, -0.2) is 4.98 Å². The average molecular weight is 413 g/mol. The smallest absolute Gasteiger partial charge is 0.226 e. The van der Waals surface area contributed by atoms with Gasteiger partial charge in [-0.2, -0.15) is 0 Å². The maximum Gasteiger partial charge on any atom is 0.226 e. The zero-order valence-corrected chi connectivity index (χ0v) is 17.8. The number of amides is 1. The Bertz CT molecular complexity index is 1000. The number of aryl methyl sites for hydroxylation is 2. The van der Waals surface area contributed by atoms with Crippen LogP contribution < -0.4 is 19.5 Å². The summed E-state index contributed by atoms with van der Waals surface area (Å²) < 4.78 is 16.2. The van der Waals surface area contributed by atoms with E-state index in [9.17, 15) is 4.79 Å². The number of methoxy groups -OCH3 is 3. The third kappa shape index (κ3) is 4.68.